The molecule has 0 aliphatic heterocycles. The largest absolute Gasteiger partial charge is 0.456 e. The first-order chi connectivity index (χ1) is 25.1. The molecule has 0 fully saturated rings. The lowest BCUT2D eigenvalue weighted by molar-refractivity contribution is 0.669. The first-order valence-electron chi connectivity index (χ1n) is 17.1. The highest BCUT2D eigenvalue weighted by Crippen LogP contribution is 2.47. The third kappa shape index (κ3) is 4.14. The molecule has 8 aromatic carbocycles. The van der Waals surface area contributed by atoms with E-state index < -0.39 is 0 Å². The van der Waals surface area contributed by atoms with Crippen molar-refractivity contribution in [1.82, 2.24) is 0 Å². The molecule has 0 atom stereocenters. The normalized spacial score (nSPS) is 12.6. The van der Waals surface area contributed by atoms with Crippen LogP contribution < -0.4 is 9.75 Å². The van der Waals surface area contributed by atoms with Crippen molar-refractivity contribution in [3.05, 3.63) is 161 Å². The van der Waals surface area contributed by atoms with Crippen molar-refractivity contribution in [2.45, 2.75) is 0 Å². The highest BCUT2D eigenvalue weighted by Gasteiger charge is 2.19. The van der Waals surface area contributed by atoms with Gasteiger partial charge in [0.15, 0.2) is 0 Å². The molecule has 0 amide bonds. The maximum absolute atomic E-state index is 6.32. The van der Waals surface area contributed by atoms with E-state index in [1.807, 2.05) is 17.4 Å². The minimum absolute atomic E-state index is 0.929. The summed E-state index contributed by atoms with van der Waals surface area (Å²) in [5.41, 5.74) is 6.49. The second-order valence-electron chi connectivity index (χ2n) is 13.3. The van der Waals surface area contributed by atoms with Gasteiger partial charge in [-0.05, 0) is 85.6 Å². The molecule has 51 heavy (non-hydrogen) atoms. The number of allylic oxidation sites excluding steroid dienone is 1. The molecule has 3 heterocycles. The van der Waals surface area contributed by atoms with Crippen LogP contribution in [0.1, 0.15) is 5.56 Å². The zero-order valence-electron chi connectivity index (χ0n) is 27.5. The monoisotopic (exact) mass is 684 g/mol. The van der Waals surface area contributed by atoms with Gasteiger partial charge in [-0.2, -0.15) is 0 Å². The third-order valence-corrected chi connectivity index (χ3v) is 12.8. The summed E-state index contributed by atoms with van der Waals surface area (Å²) >= 11 is 3.62. The third-order valence-electron chi connectivity index (χ3n) is 10.5. The molecule has 238 valence electrons. The lowest BCUT2D eigenvalue weighted by Crippen LogP contribution is -2.16. The predicted molar refractivity (Wildman–Crippen MR) is 225 cm³/mol. The number of hydrogen-bond donors (Lipinski definition) is 0. The summed E-state index contributed by atoms with van der Waals surface area (Å²) in [5.74, 6) is 0. The number of fused-ring (bicyclic) bond motifs is 12. The molecule has 11 aromatic rings. The maximum Gasteiger partial charge on any atom is 0.136 e. The number of rotatable bonds is 3. The molecule has 0 unspecified atom stereocenters. The molecule has 0 saturated carbocycles. The van der Waals surface area contributed by atoms with Crippen molar-refractivity contribution in [2.75, 3.05) is 0 Å². The number of para-hydroxylation sites is 1. The first-order valence-corrected chi connectivity index (χ1v) is 18.8. The molecule has 3 heteroatoms. The van der Waals surface area contributed by atoms with Crippen LogP contribution in [0.3, 0.4) is 0 Å². The summed E-state index contributed by atoms with van der Waals surface area (Å²) < 4.78 is 11.2. The summed E-state index contributed by atoms with van der Waals surface area (Å²) in [7, 11) is 0. The predicted octanol–water partition coefficient (Wildman–Crippen LogP) is 13.2. The zero-order chi connectivity index (χ0) is 33.8. The van der Waals surface area contributed by atoms with Crippen LogP contribution in [0.15, 0.2) is 151 Å². The van der Waals surface area contributed by atoms with Crippen LogP contribution in [-0.2, 0) is 0 Å². The summed E-state index contributed by atoms with van der Waals surface area (Å²) in [6, 6.07) is 50.5. The Bertz CT molecular complexity index is 3350. The fraction of sp³-hybridized carbons (Fsp3) is 0. The Hall–Kier alpha value is -6.00. The molecular formula is C48H28OS2. The SMILES string of the molecule is C=C(/C=c1\c(=C)sc2ccccc12)c1c2ccccc2c(-c2ccc3sc4c(ccc5ccc6oc7ccccc7c6c54)c3c2)c2ccccc12. The Balaban J connectivity index is 1.17. The minimum Gasteiger partial charge on any atom is -0.456 e. The Morgan fingerprint density at radius 2 is 1.18 bits per heavy atom. The maximum atomic E-state index is 6.32. The van der Waals surface area contributed by atoms with E-state index in [0.29, 0.717) is 0 Å². The van der Waals surface area contributed by atoms with Crippen molar-refractivity contribution >= 4 is 125 Å². The van der Waals surface area contributed by atoms with Gasteiger partial charge in [0.2, 0.25) is 0 Å². The molecule has 3 aromatic heterocycles. The van der Waals surface area contributed by atoms with E-state index in [1.165, 1.54) is 90.0 Å². The first kappa shape index (κ1) is 28.8. The Morgan fingerprint density at radius 3 is 1.96 bits per heavy atom. The quantitative estimate of drug-likeness (QED) is 0.169. The Morgan fingerprint density at radius 1 is 0.529 bits per heavy atom. The van der Waals surface area contributed by atoms with Crippen molar-refractivity contribution in [3.8, 4) is 11.1 Å². The second-order valence-corrected chi connectivity index (χ2v) is 15.5. The number of benzene rings is 8. The molecule has 0 aliphatic rings. The molecule has 0 N–H and O–H groups in total. The van der Waals surface area contributed by atoms with E-state index in [9.17, 15) is 0 Å². The van der Waals surface area contributed by atoms with Gasteiger partial charge in [0, 0.05) is 56.2 Å². The van der Waals surface area contributed by atoms with E-state index in [1.54, 1.807) is 11.3 Å². The molecule has 0 spiro atoms. The smallest absolute Gasteiger partial charge is 0.136 e. The van der Waals surface area contributed by atoms with E-state index in [4.69, 9.17) is 11.0 Å². The van der Waals surface area contributed by atoms with Crippen molar-refractivity contribution in [1.29, 1.82) is 0 Å². The van der Waals surface area contributed by atoms with Gasteiger partial charge in [-0.25, -0.2) is 0 Å². The van der Waals surface area contributed by atoms with Gasteiger partial charge < -0.3 is 4.42 Å². The van der Waals surface area contributed by atoms with Crippen LogP contribution in [0.4, 0.5) is 0 Å². The number of hydrogen-bond acceptors (Lipinski definition) is 3. The Labute approximate surface area is 300 Å². The van der Waals surface area contributed by atoms with Gasteiger partial charge in [-0.3, -0.25) is 0 Å². The topological polar surface area (TPSA) is 13.1 Å². The van der Waals surface area contributed by atoms with Crippen LogP contribution in [0.5, 0.6) is 0 Å². The fourth-order valence-corrected chi connectivity index (χ4v) is 10.5. The van der Waals surface area contributed by atoms with E-state index >= 15 is 0 Å². The standard InChI is InChI=1S/C48H28OS2/c1-27(25-38-28(2)50-42-18-10-8-11-31(38)42)44-32-12-3-5-14-34(32)45(35-15-6-4-13-33(35)44)30-21-24-43-39(26-30)36-22-19-29-20-23-41-47(46(29)48(36)51-43)37-16-7-9-17-40(37)49-41/h3-26H,1-2H2/b38-25+. The van der Waals surface area contributed by atoms with Gasteiger partial charge in [0.1, 0.15) is 11.2 Å². The van der Waals surface area contributed by atoms with Crippen molar-refractivity contribution in [3.63, 3.8) is 0 Å². The fourth-order valence-electron chi connectivity index (χ4n) is 8.32. The lowest BCUT2D eigenvalue weighted by atomic mass is 9.85. The number of furan rings is 1. The molecule has 1 nitrogen and oxygen atoms in total. The molecule has 0 saturated heterocycles. The Kier molecular flexibility index (Phi) is 6.07. The van der Waals surface area contributed by atoms with Crippen LogP contribution in [-0.4, -0.2) is 0 Å². The number of thiophene rings is 2. The average Bonchev–Trinajstić information content (AvgIpc) is 3.84. The van der Waals surface area contributed by atoms with E-state index in [-0.39, 0.29) is 0 Å². The molecule has 0 aliphatic carbocycles. The molecule has 0 radical (unpaired) electrons. The second kappa shape index (κ2) is 10.7. The highest BCUT2D eigenvalue weighted by atomic mass is 32.1. The van der Waals surface area contributed by atoms with Crippen molar-refractivity contribution in [2.24, 2.45) is 0 Å². The van der Waals surface area contributed by atoms with E-state index in [0.717, 1.165) is 26.5 Å². The summed E-state index contributed by atoms with van der Waals surface area (Å²) in [5, 5.41) is 14.7. The van der Waals surface area contributed by atoms with Gasteiger partial charge >= 0.3 is 0 Å². The van der Waals surface area contributed by atoms with Gasteiger partial charge in [0.25, 0.3) is 0 Å². The zero-order valence-corrected chi connectivity index (χ0v) is 29.1. The lowest BCUT2D eigenvalue weighted by Gasteiger charge is -2.18. The van der Waals surface area contributed by atoms with Crippen LogP contribution >= 0.6 is 22.7 Å². The molecule has 11 rings (SSSR count). The highest BCUT2D eigenvalue weighted by molar-refractivity contribution is 7.26. The van der Waals surface area contributed by atoms with E-state index in [2.05, 4.69) is 146 Å². The van der Waals surface area contributed by atoms with Crippen molar-refractivity contribution < 1.29 is 4.42 Å². The minimum atomic E-state index is 0.929. The van der Waals surface area contributed by atoms with Gasteiger partial charge in [-0.1, -0.05) is 122 Å². The van der Waals surface area contributed by atoms with Gasteiger partial charge in [0.05, 0.1) is 0 Å². The molecule has 0 bridgehead atoms. The summed E-state index contributed by atoms with van der Waals surface area (Å²) in [6.07, 6.45) is 2.24. The average molecular weight is 685 g/mol. The van der Waals surface area contributed by atoms with Crippen LogP contribution in [0.2, 0.25) is 0 Å². The summed E-state index contributed by atoms with van der Waals surface area (Å²) in [6.45, 7) is 9.11. The van der Waals surface area contributed by atoms with Gasteiger partial charge in [-0.15, -0.1) is 22.7 Å². The molecular weight excluding hydrogens is 657 g/mol. The summed E-state index contributed by atoms with van der Waals surface area (Å²) in [4.78, 5) is 0. The van der Waals surface area contributed by atoms with Crippen LogP contribution in [0.25, 0.3) is 114 Å². The van der Waals surface area contributed by atoms with Crippen LogP contribution in [0, 0.1) is 0 Å².